The molecule has 7 nitrogen and oxygen atoms in total. The summed E-state index contributed by atoms with van der Waals surface area (Å²) in [5, 5.41) is 15.7. The van der Waals surface area contributed by atoms with Gasteiger partial charge in [0.05, 0.1) is 17.9 Å². The Morgan fingerprint density at radius 1 is 1.09 bits per heavy atom. The Morgan fingerprint density at radius 3 is 2.64 bits per heavy atom. The van der Waals surface area contributed by atoms with Gasteiger partial charge in [0.25, 0.3) is 0 Å². The Bertz CT molecular complexity index is 1260. The Hall–Kier alpha value is -3.17. The molecule has 2 heterocycles. The lowest BCUT2D eigenvalue weighted by atomic mass is 10.1. The number of fused-ring (bicyclic) bond motifs is 1. The van der Waals surface area contributed by atoms with Crippen LogP contribution in [-0.2, 0) is 16.1 Å². The van der Waals surface area contributed by atoms with Crippen molar-refractivity contribution in [3.05, 3.63) is 59.5 Å². The highest BCUT2D eigenvalue weighted by molar-refractivity contribution is 7.99. The summed E-state index contributed by atoms with van der Waals surface area (Å²) in [6.45, 7) is 4.96. The van der Waals surface area contributed by atoms with E-state index in [1.54, 1.807) is 42.5 Å². The third kappa shape index (κ3) is 5.26. The average Bonchev–Trinajstić information content (AvgIpc) is 3.42. The van der Waals surface area contributed by atoms with Crippen LogP contribution in [0, 0.1) is 0 Å². The number of hydrogen-bond acceptors (Lipinski definition) is 7. The van der Waals surface area contributed by atoms with Gasteiger partial charge in [-0.3, -0.25) is 4.79 Å². The van der Waals surface area contributed by atoms with Gasteiger partial charge in [-0.15, -0.1) is 21.5 Å². The number of ether oxygens (including phenoxy) is 1. The first-order valence-electron chi connectivity index (χ1n) is 10.7. The first-order chi connectivity index (χ1) is 16.1. The van der Waals surface area contributed by atoms with E-state index in [2.05, 4.69) is 44.5 Å². The Balaban J connectivity index is 1.44. The molecular formula is C24H24N4O3S2. The second kappa shape index (κ2) is 10.6. The third-order valence-electron chi connectivity index (χ3n) is 4.90. The summed E-state index contributed by atoms with van der Waals surface area (Å²) in [7, 11) is 0. The van der Waals surface area contributed by atoms with Crippen LogP contribution in [0.15, 0.2) is 59.1 Å². The highest BCUT2D eigenvalue weighted by Crippen LogP contribution is 2.34. The molecular weight excluding hydrogens is 456 g/mol. The number of nitrogens with one attached hydrogen (secondary N) is 1. The zero-order chi connectivity index (χ0) is 23.2. The highest BCUT2D eigenvalue weighted by atomic mass is 32.2. The monoisotopic (exact) mass is 480 g/mol. The Morgan fingerprint density at radius 2 is 1.88 bits per heavy atom. The Kier molecular flexibility index (Phi) is 7.41. The highest BCUT2D eigenvalue weighted by Gasteiger charge is 2.18. The molecule has 0 bridgehead atoms. The zero-order valence-corrected chi connectivity index (χ0v) is 20.0. The number of thiophene rings is 1. The zero-order valence-electron chi connectivity index (χ0n) is 18.4. The summed E-state index contributed by atoms with van der Waals surface area (Å²) in [5.41, 5.74) is 2.13. The molecule has 33 heavy (non-hydrogen) atoms. The molecule has 170 valence electrons. The molecule has 2 aromatic carbocycles. The lowest BCUT2D eigenvalue weighted by Gasteiger charge is -2.09. The fourth-order valence-corrected chi connectivity index (χ4v) is 5.11. The average molecular weight is 481 g/mol. The number of carbonyl (C=O) groups is 2. The van der Waals surface area contributed by atoms with Gasteiger partial charge in [-0.05, 0) is 43.7 Å². The van der Waals surface area contributed by atoms with Crippen LogP contribution in [-0.4, -0.2) is 39.0 Å². The van der Waals surface area contributed by atoms with Crippen molar-refractivity contribution in [2.45, 2.75) is 32.0 Å². The number of aromatic nitrogens is 3. The van der Waals surface area contributed by atoms with E-state index in [9.17, 15) is 9.59 Å². The van der Waals surface area contributed by atoms with Crippen molar-refractivity contribution in [1.29, 1.82) is 0 Å². The van der Waals surface area contributed by atoms with Crippen LogP contribution < -0.4 is 5.32 Å². The number of benzene rings is 2. The van der Waals surface area contributed by atoms with Crippen LogP contribution in [0.4, 0.5) is 5.69 Å². The lowest BCUT2D eigenvalue weighted by molar-refractivity contribution is -0.113. The molecule has 4 rings (SSSR count). The van der Waals surface area contributed by atoms with Gasteiger partial charge in [-0.25, -0.2) is 4.79 Å². The topological polar surface area (TPSA) is 86.1 Å². The van der Waals surface area contributed by atoms with Gasteiger partial charge in [-0.2, -0.15) is 0 Å². The molecule has 0 radical (unpaired) electrons. The van der Waals surface area contributed by atoms with Crippen molar-refractivity contribution in [2.24, 2.45) is 0 Å². The van der Waals surface area contributed by atoms with Gasteiger partial charge in [0.2, 0.25) is 5.91 Å². The van der Waals surface area contributed by atoms with Crippen molar-refractivity contribution in [3.63, 3.8) is 0 Å². The van der Waals surface area contributed by atoms with Crippen LogP contribution in [0.3, 0.4) is 0 Å². The number of amides is 1. The minimum absolute atomic E-state index is 0.155. The summed E-state index contributed by atoms with van der Waals surface area (Å²) < 4.78 is 8.27. The van der Waals surface area contributed by atoms with Crippen LogP contribution in [0.2, 0.25) is 0 Å². The summed E-state index contributed by atoms with van der Waals surface area (Å²) >= 11 is 3.05. The molecule has 1 N–H and O–H groups in total. The number of rotatable bonds is 9. The maximum absolute atomic E-state index is 12.5. The van der Waals surface area contributed by atoms with E-state index in [4.69, 9.17) is 4.74 Å². The summed E-state index contributed by atoms with van der Waals surface area (Å²) in [5.74, 6) is 0.492. The fraction of sp³-hybridized carbons (Fsp3) is 0.250. The molecule has 0 saturated carbocycles. The van der Waals surface area contributed by atoms with Crippen LogP contribution in [0.1, 0.15) is 30.6 Å². The standard InChI is InChI=1S/C24H24N4O3S2/c1-3-13-28-22(19-14-32-20-8-6-5-7-18(19)20)26-27-24(28)33-15-21(29)25-17-11-9-16(10-12-17)23(30)31-4-2/h5-12,14H,3-4,13,15H2,1-2H3,(H,25,29). The summed E-state index contributed by atoms with van der Waals surface area (Å²) in [6.07, 6.45) is 0.930. The minimum atomic E-state index is -0.379. The van der Waals surface area contributed by atoms with E-state index in [-0.39, 0.29) is 17.6 Å². The van der Waals surface area contributed by atoms with Gasteiger partial charge in [-0.1, -0.05) is 36.9 Å². The van der Waals surface area contributed by atoms with Gasteiger partial charge in [0.15, 0.2) is 11.0 Å². The normalized spacial score (nSPS) is 11.0. The number of anilines is 1. The summed E-state index contributed by atoms with van der Waals surface area (Å²) in [6, 6.07) is 14.9. The van der Waals surface area contributed by atoms with Crippen molar-refractivity contribution in [3.8, 4) is 11.4 Å². The predicted molar refractivity (Wildman–Crippen MR) is 133 cm³/mol. The SMILES string of the molecule is CCCn1c(SCC(=O)Nc2ccc(C(=O)OCC)cc2)nnc1-c1csc2ccccc12. The molecule has 0 atom stereocenters. The molecule has 0 aliphatic heterocycles. The molecule has 0 spiro atoms. The second-order valence-corrected chi connectivity index (χ2v) is 9.09. The quantitative estimate of drug-likeness (QED) is 0.252. The van der Waals surface area contributed by atoms with Gasteiger partial charge in [0.1, 0.15) is 0 Å². The maximum atomic E-state index is 12.5. The van der Waals surface area contributed by atoms with E-state index in [1.165, 1.54) is 16.5 Å². The van der Waals surface area contributed by atoms with Gasteiger partial charge in [0, 0.05) is 33.3 Å². The molecule has 0 fully saturated rings. The number of carbonyl (C=O) groups excluding carboxylic acids is 2. The van der Waals surface area contributed by atoms with Gasteiger partial charge < -0.3 is 14.6 Å². The molecule has 0 aliphatic rings. The number of thioether (sulfide) groups is 1. The minimum Gasteiger partial charge on any atom is -0.462 e. The van der Waals surface area contributed by atoms with Crippen LogP contribution in [0.25, 0.3) is 21.5 Å². The largest absolute Gasteiger partial charge is 0.462 e. The third-order valence-corrected chi connectivity index (χ3v) is 6.83. The molecule has 9 heteroatoms. The first-order valence-corrected chi connectivity index (χ1v) is 12.6. The second-order valence-electron chi connectivity index (χ2n) is 7.24. The van der Waals surface area contributed by atoms with Gasteiger partial charge >= 0.3 is 5.97 Å². The molecule has 0 aliphatic carbocycles. The van der Waals surface area contributed by atoms with Crippen molar-refractivity contribution in [2.75, 3.05) is 17.7 Å². The van der Waals surface area contributed by atoms with Crippen LogP contribution in [0.5, 0.6) is 0 Å². The molecule has 1 amide bonds. The molecule has 2 aromatic heterocycles. The van der Waals surface area contributed by atoms with E-state index >= 15 is 0 Å². The molecule has 0 unspecified atom stereocenters. The van der Waals surface area contributed by atoms with E-state index in [0.29, 0.717) is 17.9 Å². The maximum Gasteiger partial charge on any atom is 0.338 e. The van der Waals surface area contributed by atoms with E-state index in [0.717, 1.165) is 34.9 Å². The predicted octanol–water partition coefficient (Wildman–Crippen LogP) is 5.48. The van der Waals surface area contributed by atoms with Crippen molar-refractivity contribution < 1.29 is 14.3 Å². The lowest BCUT2D eigenvalue weighted by Crippen LogP contribution is -2.15. The van der Waals surface area contributed by atoms with E-state index < -0.39 is 0 Å². The number of nitrogens with zero attached hydrogens (tertiary/aromatic N) is 3. The number of hydrogen-bond donors (Lipinski definition) is 1. The smallest absolute Gasteiger partial charge is 0.338 e. The van der Waals surface area contributed by atoms with E-state index in [1.807, 2.05) is 12.1 Å². The van der Waals surface area contributed by atoms with Crippen LogP contribution >= 0.6 is 23.1 Å². The number of esters is 1. The fourth-order valence-electron chi connectivity index (χ4n) is 3.40. The summed E-state index contributed by atoms with van der Waals surface area (Å²) in [4.78, 5) is 24.3. The molecule has 0 saturated heterocycles. The van der Waals surface area contributed by atoms with Crippen molar-refractivity contribution in [1.82, 2.24) is 14.8 Å². The van der Waals surface area contributed by atoms with Crippen molar-refractivity contribution >= 4 is 50.7 Å². The molecule has 4 aromatic rings. The first kappa shape index (κ1) is 23.0. The Labute approximate surface area is 200 Å².